The number of ether oxygens (including phenoxy) is 2. The summed E-state index contributed by atoms with van der Waals surface area (Å²) in [7, 11) is 3.28. The summed E-state index contributed by atoms with van der Waals surface area (Å²) in [6.45, 7) is 0.688. The first-order valence-electron chi connectivity index (χ1n) is 6.03. The summed E-state index contributed by atoms with van der Waals surface area (Å²) in [6, 6.07) is 13.5. The quantitative estimate of drug-likeness (QED) is 0.810. The summed E-state index contributed by atoms with van der Waals surface area (Å²) < 4.78 is 10.3. The molecule has 2 rings (SSSR count). The van der Waals surface area contributed by atoms with Gasteiger partial charge in [0.1, 0.15) is 11.5 Å². The van der Waals surface area contributed by atoms with E-state index < -0.39 is 0 Å². The van der Waals surface area contributed by atoms with Crippen molar-refractivity contribution in [1.29, 1.82) is 0 Å². The Morgan fingerprint density at radius 2 is 1.74 bits per heavy atom. The fraction of sp³-hybridized carbons (Fsp3) is 0.200. The second kappa shape index (κ2) is 6.00. The molecule has 0 aromatic heterocycles. The standard InChI is InChI=1S/C15H18N2O2/c1-18-12-5-3-4-11(8-12)10-17-15-7-6-13(19-2)9-14(15)16/h3-9,17H,10,16H2,1-2H3. The molecule has 0 aliphatic carbocycles. The van der Waals surface area contributed by atoms with E-state index in [4.69, 9.17) is 15.2 Å². The van der Waals surface area contributed by atoms with Gasteiger partial charge in [0, 0.05) is 12.6 Å². The van der Waals surface area contributed by atoms with Crippen molar-refractivity contribution in [3.63, 3.8) is 0 Å². The molecule has 0 saturated heterocycles. The van der Waals surface area contributed by atoms with Gasteiger partial charge >= 0.3 is 0 Å². The second-order valence-electron chi connectivity index (χ2n) is 4.16. The second-order valence-corrected chi connectivity index (χ2v) is 4.16. The van der Waals surface area contributed by atoms with Gasteiger partial charge in [-0.15, -0.1) is 0 Å². The van der Waals surface area contributed by atoms with Crippen molar-refractivity contribution in [3.8, 4) is 11.5 Å². The molecule has 0 amide bonds. The largest absolute Gasteiger partial charge is 0.497 e. The Morgan fingerprint density at radius 1 is 1.00 bits per heavy atom. The molecule has 3 N–H and O–H groups in total. The number of benzene rings is 2. The summed E-state index contributed by atoms with van der Waals surface area (Å²) in [5, 5.41) is 3.30. The Hall–Kier alpha value is -2.36. The maximum Gasteiger partial charge on any atom is 0.121 e. The zero-order valence-corrected chi connectivity index (χ0v) is 11.1. The van der Waals surface area contributed by atoms with Crippen molar-refractivity contribution in [2.75, 3.05) is 25.3 Å². The van der Waals surface area contributed by atoms with Crippen LogP contribution in [0.1, 0.15) is 5.56 Å². The number of hydrogen-bond acceptors (Lipinski definition) is 4. The highest BCUT2D eigenvalue weighted by molar-refractivity contribution is 5.68. The van der Waals surface area contributed by atoms with Gasteiger partial charge in [0.15, 0.2) is 0 Å². The Kier molecular flexibility index (Phi) is 4.13. The van der Waals surface area contributed by atoms with E-state index in [2.05, 4.69) is 5.32 Å². The highest BCUT2D eigenvalue weighted by Gasteiger charge is 2.01. The average molecular weight is 258 g/mol. The summed E-state index contributed by atoms with van der Waals surface area (Å²) in [5.41, 5.74) is 8.64. The van der Waals surface area contributed by atoms with Crippen LogP contribution in [0.2, 0.25) is 0 Å². The molecule has 100 valence electrons. The summed E-state index contributed by atoms with van der Waals surface area (Å²) in [4.78, 5) is 0. The van der Waals surface area contributed by atoms with Crippen LogP contribution < -0.4 is 20.5 Å². The minimum Gasteiger partial charge on any atom is -0.497 e. The van der Waals surface area contributed by atoms with Crippen LogP contribution in [0.25, 0.3) is 0 Å². The first-order valence-corrected chi connectivity index (χ1v) is 6.03. The van der Waals surface area contributed by atoms with Gasteiger partial charge in [0.25, 0.3) is 0 Å². The highest BCUT2D eigenvalue weighted by Crippen LogP contribution is 2.24. The molecule has 0 bridgehead atoms. The Bertz CT molecular complexity index is 556. The maximum absolute atomic E-state index is 5.95. The van der Waals surface area contributed by atoms with Crippen LogP contribution in [0.4, 0.5) is 11.4 Å². The number of hydrogen-bond donors (Lipinski definition) is 2. The molecule has 0 heterocycles. The van der Waals surface area contributed by atoms with Gasteiger partial charge in [-0.2, -0.15) is 0 Å². The van der Waals surface area contributed by atoms with Crippen LogP contribution in [0, 0.1) is 0 Å². The number of nitrogens with one attached hydrogen (secondary N) is 1. The molecule has 0 spiro atoms. The lowest BCUT2D eigenvalue weighted by molar-refractivity contribution is 0.414. The molecule has 2 aromatic carbocycles. The molecule has 0 saturated carbocycles. The van der Waals surface area contributed by atoms with E-state index in [1.165, 1.54) is 0 Å². The molecule has 0 aliphatic rings. The van der Waals surface area contributed by atoms with Crippen molar-refractivity contribution < 1.29 is 9.47 Å². The van der Waals surface area contributed by atoms with E-state index in [1.54, 1.807) is 20.3 Å². The Labute approximate surface area is 113 Å². The average Bonchev–Trinajstić information content (AvgIpc) is 2.46. The third-order valence-electron chi connectivity index (χ3n) is 2.88. The number of rotatable bonds is 5. The van der Waals surface area contributed by atoms with Gasteiger partial charge in [-0.3, -0.25) is 0 Å². The Balaban J connectivity index is 2.05. The molecule has 19 heavy (non-hydrogen) atoms. The van der Waals surface area contributed by atoms with E-state index in [9.17, 15) is 0 Å². The number of methoxy groups -OCH3 is 2. The van der Waals surface area contributed by atoms with Crippen LogP contribution in [0.15, 0.2) is 42.5 Å². The zero-order chi connectivity index (χ0) is 13.7. The molecular formula is C15H18N2O2. The number of anilines is 2. The SMILES string of the molecule is COc1cccc(CNc2ccc(OC)cc2N)c1. The lowest BCUT2D eigenvalue weighted by atomic mass is 10.2. The molecule has 4 heteroatoms. The van der Waals surface area contributed by atoms with Gasteiger partial charge in [-0.05, 0) is 29.8 Å². The molecule has 0 radical (unpaired) electrons. The van der Waals surface area contributed by atoms with Gasteiger partial charge in [-0.25, -0.2) is 0 Å². The van der Waals surface area contributed by atoms with Crippen LogP contribution in [-0.2, 0) is 6.54 Å². The van der Waals surface area contributed by atoms with Crippen LogP contribution in [0.5, 0.6) is 11.5 Å². The van der Waals surface area contributed by atoms with E-state index in [0.717, 1.165) is 22.7 Å². The van der Waals surface area contributed by atoms with E-state index >= 15 is 0 Å². The number of nitrogen functional groups attached to an aromatic ring is 1. The lowest BCUT2D eigenvalue weighted by Crippen LogP contribution is -2.02. The topological polar surface area (TPSA) is 56.5 Å². The van der Waals surface area contributed by atoms with Crippen molar-refractivity contribution in [1.82, 2.24) is 0 Å². The minimum absolute atomic E-state index is 0.669. The van der Waals surface area contributed by atoms with Gasteiger partial charge in [0.2, 0.25) is 0 Å². The number of nitrogens with two attached hydrogens (primary N) is 1. The van der Waals surface area contributed by atoms with Crippen LogP contribution in [-0.4, -0.2) is 14.2 Å². The van der Waals surface area contributed by atoms with Gasteiger partial charge < -0.3 is 20.5 Å². The van der Waals surface area contributed by atoms with Crippen molar-refractivity contribution in [2.45, 2.75) is 6.54 Å². The van der Waals surface area contributed by atoms with E-state index in [-0.39, 0.29) is 0 Å². The lowest BCUT2D eigenvalue weighted by Gasteiger charge is -2.11. The molecule has 4 nitrogen and oxygen atoms in total. The molecule has 0 fully saturated rings. The van der Waals surface area contributed by atoms with E-state index in [0.29, 0.717) is 12.2 Å². The third-order valence-corrected chi connectivity index (χ3v) is 2.88. The fourth-order valence-electron chi connectivity index (χ4n) is 1.81. The van der Waals surface area contributed by atoms with Crippen LogP contribution >= 0.6 is 0 Å². The molecular weight excluding hydrogens is 240 g/mol. The monoisotopic (exact) mass is 258 g/mol. The predicted octanol–water partition coefficient (Wildman–Crippen LogP) is 2.90. The van der Waals surface area contributed by atoms with Crippen molar-refractivity contribution in [2.24, 2.45) is 0 Å². The van der Waals surface area contributed by atoms with Crippen LogP contribution in [0.3, 0.4) is 0 Å². The summed E-state index contributed by atoms with van der Waals surface area (Å²) in [6.07, 6.45) is 0. The normalized spacial score (nSPS) is 10.0. The highest BCUT2D eigenvalue weighted by atomic mass is 16.5. The molecule has 2 aromatic rings. The van der Waals surface area contributed by atoms with Crippen molar-refractivity contribution >= 4 is 11.4 Å². The first kappa shape index (κ1) is 13.1. The summed E-state index contributed by atoms with van der Waals surface area (Å²) in [5.74, 6) is 1.60. The van der Waals surface area contributed by atoms with E-state index in [1.807, 2.05) is 36.4 Å². The molecule has 0 aliphatic heterocycles. The molecule has 0 atom stereocenters. The molecule has 0 unspecified atom stereocenters. The zero-order valence-electron chi connectivity index (χ0n) is 11.1. The fourth-order valence-corrected chi connectivity index (χ4v) is 1.81. The van der Waals surface area contributed by atoms with Gasteiger partial charge in [0.05, 0.1) is 25.6 Å². The first-order chi connectivity index (χ1) is 9.22. The van der Waals surface area contributed by atoms with Gasteiger partial charge in [-0.1, -0.05) is 12.1 Å². The van der Waals surface area contributed by atoms with Crippen molar-refractivity contribution in [3.05, 3.63) is 48.0 Å². The minimum atomic E-state index is 0.669. The summed E-state index contributed by atoms with van der Waals surface area (Å²) >= 11 is 0. The maximum atomic E-state index is 5.95. The Morgan fingerprint density at radius 3 is 2.42 bits per heavy atom. The predicted molar refractivity (Wildman–Crippen MR) is 77.7 cm³/mol. The third kappa shape index (κ3) is 3.31. The smallest absolute Gasteiger partial charge is 0.121 e.